The Morgan fingerprint density at radius 2 is 2.09 bits per heavy atom. The van der Waals surface area contributed by atoms with E-state index in [-0.39, 0.29) is 34.4 Å². The normalized spacial score (nSPS) is 14.6. The first-order valence-corrected chi connectivity index (χ1v) is 7.56. The van der Waals surface area contributed by atoms with Crippen LogP contribution in [0.3, 0.4) is 0 Å². The van der Waals surface area contributed by atoms with Gasteiger partial charge in [0.25, 0.3) is 0 Å². The summed E-state index contributed by atoms with van der Waals surface area (Å²) in [7, 11) is 0. The Kier molecular flexibility index (Phi) is 5.36. The van der Waals surface area contributed by atoms with Crippen LogP contribution in [0, 0.1) is 18.6 Å². The number of ketones is 1. The number of halogens is 3. The van der Waals surface area contributed by atoms with Gasteiger partial charge in [0, 0.05) is 23.4 Å². The van der Waals surface area contributed by atoms with Crippen LogP contribution >= 0.6 is 11.6 Å². The fraction of sp³-hybridized carbons (Fsp3) is 0.375. The van der Waals surface area contributed by atoms with Crippen molar-refractivity contribution >= 4 is 23.4 Å². The van der Waals surface area contributed by atoms with Crippen LogP contribution in [0.2, 0.25) is 5.02 Å². The third kappa shape index (κ3) is 3.88. The number of carbonyl (C=O) groups excluding carboxylic acids is 2. The lowest BCUT2D eigenvalue weighted by atomic mass is 10.0. The number of hydrogen-bond donors (Lipinski definition) is 1. The molecular formula is C16H16ClF2NO3. The molecule has 1 aliphatic carbocycles. The summed E-state index contributed by atoms with van der Waals surface area (Å²) in [6.45, 7) is 2.94. The van der Waals surface area contributed by atoms with Crippen molar-refractivity contribution in [3.63, 3.8) is 0 Å². The molecule has 4 nitrogen and oxygen atoms in total. The van der Waals surface area contributed by atoms with Crippen LogP contribution in [0.1, 0.15) is 35.7 Å². The SMILES string of the molecule is CCOC(=O)/C(=C\NC1CC1)C(=O)c1cc(F)c(F)c(C)c1Cl. The van der Waals surface area contributed by atoms with Crippen molar-refractivity contribution < 1.29 is 23.1 Å². The number of benzene rings is 1. The number of ether oxygens (including phenoxy) is 1. The predicted octanol–water partition coefficient (Wildman–Crippen LogP) is 3.31. The summed E-state index contributed by atoms with van der Waals surface area (Å²) in [6.07, 6.45) is 3.13. The number of hydrogen-bond acceptors (Lipinski definition) is 4. The van der Waals surface area contributed by atoms with Gasteiger partial charge < -0.3 is 10.1 Å². The zero-order valence-corrected chi connectivity index (χ0v) is 13.5. The highest BCUT2D eigenvalue weighted by molar-refractivity contribution is 6.37. The standard InChI is InChI=1S/C16H16ClF2NO3/c1-3-23-16(22)11(7-20-9-4-5-9)15(21)10-6-12(18)14(19)8(2)13(10)17/h6-7,9,20H,3-5H2,1-2H3/b11-7-. The van der Waals surface area contributed by atoms with Crippen LogP contribution in [-0.2, 0) is 9.53 Å². The van der Waals surface area contributed by atoms with Gasteiger partial charge in [0.05, 0.1) is 11.6 Å². The summed E-state index contributed by atoms with van der Waals surface area (Å²) in [5.74, 6) is -3.98. The van der Waals surface area contributed by atoms with Crippen molar-refractivity contribution in [2.45, 2.75) is 32.7 Å². The second-order valence-corrected chi connectivity index (χ2v) is 5.59. The molecule has 124 valence electrons. The highest BCUT2D eigenvalue weighted by Gasteiger charge is 2.27. The Balaban J connectivity index is 2.40. The van der Waals surface area contributed by atoms with Gasteiger partial charge in [-0.2, -0.15) is 0 Å². The molecule has 23 heavy (non-hydrogen) atoms. The van der Waals surface area contributed by atoms with E-state index in [0.717, 1.165) is 12.8 Å². The zero-order valence-electron chi connectivity index (χ0n) is 12.7. The lowest BCUT2D eigenvalue weighted by Crippen LogP contribution is -2.21. The molecule has 0 heterocycles. The van der Waals surface area contributed by atoms with Gasteiger partial charge in [-0.25, -0.2) is 13.6 Å². The summed E-state index contributed by atoms with van der Waals surface area (Å²) in [5.41, 5.74) is -0.764. The molecule has 1 N–H and O–H groups in total. The van der Waals surface area contributed by atoms with Gasteiger partial charge in [-0.15, -0.1) is 0 Å². The summed E-state index contributed by atoms with van der Waals surface area (Å²) >= 11 is 5.94. The van der Waals surface area contributed by atoms with Gasteiger partial charge in [0.2, 0.25) is 5.78 Å². The van der Waals surface area contributed by atoms with Crippen molar-refractivity contribution in [1.29, 1.82) is 0 Å². The molecule has 1 saturated carbocycles. The Morgan fingerprint density at radius 1 is 1.43 bits per heavy atom. The first-order valence-electron chi connectivity index (χ1n) is 7.18. The third-order valence-electron chi connectivity index (χ3n) is 3.40. The lowest BCUT2D eigenvalue weighted by Gasteiger charge is -2.11. The maximum Gasteiger partial charge on any atom is 0.343 e. The Labute approximate surface area is 137 Å². The van der Waals surface area contributed by atoms with E-state index < -0.39 is 23.4 Å². The van der Waals surface area contributed by atoms with E-state index in [9.17, 15) is 18.4 Å². The van der Waals surface area contributed by atoms with Crippen molar-refractivity contribution in [3.8, 4) is 0 Å². The quantitative estimate of drug-likeness (QED) is 0.215. The minimum absolute atomic E-state index is 0.0808. The summed E-state index contributed by atoms with van der Waals surface area (Å²) < 4.78 is 31.9. The van der Waals surface area contributed by atoms with Crippen LogP contribution < -0.4 is 5.32 Å². The number of carbonyl (C=O) groups is 2. The monoisotopic (exact) mass is 343 g/mol. The van der Waals surface area contributed by atoms with Crippen LogP contribution in [0.15, 0.2) is 17.8 Å². The molecule has 0 saturated heterocycles. The van der Waals surface area contributed by atoms with Crippen LogP contribution in [0.5, 0.6) is 0 Å². The molecule has 0 amide bonds. The number of esters is 1. The summed E-state index contributed by atoms with van der Waals surface area (Å²) in [6, 6.07) is 0.895. The minimum Gasteiger partial charge on any atom is -0.462 e. The molecule has 1 aromatic carbocycles. The van der Waals surface area contributed by atoms with Crippen LogP contribution in [0.25, 0.3) is 0 Å². The highest BCUT2D eigenvalue weighted by Crippen LogP contribution is 2.28. The zero-order chi connectivity index (χ0) is 17.1. The molecule has 0 aliphatic heterocycles. The first-order chi connectivity index (χ1) is 10.9. The van der Waals surface area contributed by atoms with Gasteiger partial charge in [-0.3, -0.25) is 4.79 Å². The average molecular weight is 344 g/mol. The Bertz CT molecular complexity index is 684. The minimum atomic E-state index is -1.20. The number of nitrogens with one attached hydrogen (secondary N) is 1. The molecule has 1 aliphatic rings. The maximum atomic E-state index is 13.6. The molecule has 1 aromatic rings. The van der Waals surface area contributed by atoms with E-state index in [0.29, 0.717) is 6.07 Å². The topological polar surface area (TPSA) is 55.4 Å². The fourth-order valence-electron chi connectivity index (χ4n) is 1.92. The van der Waals surface area contributed by atoms with Crippen molar-refractivity contribution in [3.05, 3.63) is 45.6 Å². The number of rotatable bonds is 6. The van der Waals surface area contributed by atoms with Gasteiger partial charge in [-0.05, 0) is 32.8 Å². The molecule has 2 rings (SSSR count). The molecule has 0 aromatic heterocycles. The van der Waals surface area contributed by atoms with Crippen molar-refractivity contribution in [2.75, 3.05) is 6.61 Å². The van der Waals surface area contributed by atoms with E-state index in [4.69, 9.17) is 16.3 Å². The van der Waals surface area contributed by atoms with Crippen LogP contribution in [0.4, 0.5) is 8.78 Å². The molecule has 0 spiro atoms. The van der Waals surface area contributed by atoms with Crippen molar-refractivity contribution in [2.24, 2.45) is 0 Å². The molecule has 0 bridgehead atoms. The second-order valence-electron chi connectivity index (χ2n) is 5.21. The third-order valence-corrected chi connectivity index (χ3v) is 3.89. The smallest absolute Gasteiger partial charge is 0.343 e. The van der Waals surface area contributed by atoms with E-state index in [1.807, 2.05) is 0 Å². The lowest BCUT2D eigenvalue weighted by molar-refractivity contribution is -0.138. The summed E-state index contributed by atoms with van der Waals surface area (Å²) in [5, 5.41) is 2.69. The largest absolute Gasteiger partial charge is 0.462 e. The Morgan fingerprint density at radius 3 is 2.65 bits per heavy atom. The fourth-order valence-corrected chi connectivity index (χ4v) is 2.14. The Hall–Kier alpha value is -1.95. The molecule has 0 radical (unpaired) electrons. The van der Waals surface area contributed by atoms with E-state index >= 15 is 0 Å². The molecule has 1 fully saturated rings. The van der Waals surface area contributed by atoms with E-state index in [1.54, 1.807) is 6.92 Å². The second kappa shape index (κ2) is 7.08. The molecular weight excluding hydrogens is 328 g/mol. The number of Topliss-reactive ketones (excluding diaryl/α,β-unsaturated/α-hetero) is 1. The molecule has 7 heteroatoms. The maximum absolute atomic E-state index is 13.6. The van der Waals surface area contributed by atoms with Crippen molar-refractivity contribution in [1.82, 2.24) is 5.32 Å². The van der Waals surface area contributed by atoms with Gasteiger partial charge in [-0.1, -0.05) is 11.6 Å². The summed E-state index contributed by atoms with van der Waals surface area (Å²) in [4.78, 5) is 24.5. The van der Waals surface area contributed by atoms with Crippen LogP contribution in [-0.4, -0.2) is 24.4 Å². The van der Waals surface area contributed by atoms with Gasteiger partial charge in [0.1, 0.15) is 5.57 Å². The van der Waals surface area contributed by atoms with E-state index in [2.05, 4.69) is 5.32 Å². The predicted molar refractivity (Wildman–Crippen MR) is 81.3 cm³/mol. The molecule has 0 atom stereocenters. The van der Waals surface area contributed by atoms with Gasteiger partial charge in [0.15, 0.2) is 11.6 Å². The first kappa shape index (κ1) is 17.4. The highest BCUT2D eigenvalue weighted by atomic mass is 35.5. The molecule has 0 unspecified atom stereocenters. The average Bonchev–Trinajstić information content (AvgIpc) is 3.33. The van der Waals surface area contributed by atoms with E-state index in [1.165, 1.54) is 13.1 Å². The van der Waals surface area contributed by atoms with Gasteiger partial charge >= 0.3 is 5.97 Å².